The van der Waals surface area contributed by atoms with E-state index >= 15 is 0 Å². The van der Waals surface area contributed by atoms with Gasteiger partial charge in [-0.25, -0.2) is 14.8 Å². The molecule has 2 aromatic rings. The van der Waals surface area contributed by atoms with Crippen molar-refractivity contribution in [3.05, 3.63) is 64.9 Å². The van der Waals surface area contributed by atoms with Crippen molar-refractivity contribution in [3.63, 3.8) is 0 Å². The third kappa shape index (κ3) is 6.58. The van der Waals surface area contributed by atoms with Crippen molar-refractivity contribution >= 4 is 17.7 Å². The topological polar surface area (TPSA) is 123 Å². The maximum Gasteiger partial charge on any atom is 0.410 e. The second-order valence-corrected chi connectivity index (χ2v) is 9.05. The number of nitrogens with two attached hydrogens (primary N) is 1. The van der Waals surface area contributed by atoms with E-state index in [0.29, 0.717) is 37.4 Å². The largest absolute Gasteiger partial charge is 0.477 e. The molecule has 1 amide bonds. The highest BCUT2D eigenvalue weighted by atomic mass is 16.6. The molecule has 0 atom stereocenters. The zero-order valence-electron chi connectivity index (χ0n) is 20.6. The van der Waals surface area contributed by atoms with Crippen LogP contribution >= 0.6 is 0 Å². The van der Waals surface area contributed by atoms with Gasteiger partial charge >= 0.3 is 6.09 Å². The number of ether oxygens (including phenoxy) is 2. The molecule has 9 nitrogen and oxygen atoms in total. The lowest BCUT2D eigenvalue weighted by Gasteiger charge is -2.26. The van der Waals surface area contributed by atoms with Crippen molar-refractivity contribution in [1.82, 2.24) is 9.88 Å². The molecular weight excluding hydrogens is 446 g/mol. The minimum absolute atomic E-state index is 0.0769. The molecule has 35 heavy (non-hydrogen) atoms. The van der Waals surface area contributed by atoms with Crippen molar-refractivity contribution in [2.24, 2.45) is 10.9 Å². The molecule has 2 heterocycles. The molecule has 0 spiro atoms. The van der Waals surface area contributed by atoms with E-state index in [2.05, 4.69) is 22.6 Å². The summed E-state index contributed by atoms with van der Waals surface area (Å²) in [5, 5.41) is 9.40. The van der Waals surface area contributed by atoms with E-state index in [1.54, 1.807) is 11.0 Å². The standard InChI is InChI=1S/C26H31N5O4/c1-6-33-23-21(15-27)14-22(16-29-23)24(35-28)30-17(2)19-8-7-18-9-11-31(12-10-20(18)13-19)25(32)34-26(3,4)5/h7-8,13-14,16H,2,6,9-12,28H2,1,3-5H3/b30-24-. The number of aliphatic imine (C=N–C) groups is 1. The van der Waals surface area contributed by atoms with E-state index in [9.17, 15) is 10.1 Å². The van der Waals surface area contributed by atoms with Gasteiger partial charge in [0, 0.05) is 19.3 Å². The summed E-state index contributed by atoms with van der Waals surface area (Å²) in [6.07, 6.45) is 2.60. The summed E-state index contributed by atoms with van der Waals surface area (Å²) in [5.41, 5.74) is 3.67. The van der Waals surface area contributed by atoms with E-state index < -0.39 is 5.60 Å². The quantitative estimate of drug-likeness (QED) is 0.392. The van der Waals surface area contributed by atoms with Crippen LogP contribution in [0, 0.1) is 11.3 Å². The maximum absolute atomic E-state index is 12.5. The van der Waals surface area contributed by atoms with E-state index in [-0.39, 0.29) is 23.4 Å². The van der Waals surface area contributed by atoms with Crippen LogP contribution in [0.5, 0.6) is 5.88 Å². The van der Waals surface area contributed by atoms with Gasteiger partial charge in [0.2, 0.25) is 11.8 Å². The highest BCUT2D eigenvalue weighted by Gasteiger charge is 2.24. The second-order valence-electron chi connectivity index (χ2n) is 9.05. The third-order valence-electron chi connectivity index (χ3n) is 5.34. The Labute approximate surface area is 205 Å². The zero-order valence-corrected chi connectivity index (χ0v) is 20.6. The number of carbonyl (C=O) groups is 1. The molecule has 0 saturated heterocycles. The van der Waals surface area contributed by atoms with Crippen molar-refractivity contribution in [2.75, 3.05) is 19.7 Å². The molecule has 3 rings (SSSR count). The van der Waals surface area contributed by atoms with Crippen LogP contribution in [0.4, 0.5) is 4.79 Å². The van der Waals surface area contributed by atoms with Crippen molar-refractivity contribution < 1.29 is 19.1 Å². The second kappa shape index (κ2) is 11.0. The summed E-state index contributed by atoms with van der Waals surface area (Å²) >= 11 is 0. The first-order valence-corrected chi connectivity index (χ1v) is 11.4. The Kier molecular flexibility index (Phi) is 8.10. The normalized spacial score (nSPS) is 13.8. The van der Waals surface area contributed by atoms with E-state index in [1.165, 1.54) is 11.8 Å². The van der Waals surface area contributed by atoms with Crippen LogP contribution in [0.2, 0.25) is 0 Å². The summed E-state index contributed by atoms with van der Waals surface area (Å²) in [4.78, 5) is 27.8. The Morgan fingerprint density at radius 3 is 2.57 bits per heavy atom. The number of fused-ring (bicyclic) bond motifs is 1. The van der Waals surface area contributed by atoms with Crippen LogP contribution in [-0.2, 0) is 22.4 Å². The molecule has 1 aliphatic heterocycles. The van der Waals surface area contributed by atoms with Crippen LogP contribution < -0.4 is 10.6 Å². The molecule has 0 saturated carbocycles. The average molecular weight is 478 g/mol. The highest BCUT2D eigenvalue weighted by Crippen LogP contribution is 2.24. The molecule has 0 bridgehead atoms. The van der Waals surface area contributed by atoms with Gasteiger partial charge in [0.05, 0.1) is 17.9 Å². The molecule has 2 N–H and O–H groups in total. The molecule has 1 aromatic heterocycles. The molecule has 1 aliphatic rings. The third-order valence-corrected chi connectivity index (χ3v) is 5.34. The predicted octanol–water partition coefficient (Wildman–Crippen LogP) is 4.00. The molecule has 0 unspecified atom stereocenters. The van der Waals surface area contributed by atoms with Gasteiger partial charge in [0.1, 0.15) is 17.2 Å². The lowest BCUT2D eigenvalue weighted by Crippen LogP contribution is -2.38. The van der Waals surface area contributed by atoms with Gasteiger partial charge in [-0.05, 0) is 69.4 Å². The molecule has 0 radical (unpaired) electrons. The first kappa shape index (κ1) is 25.7. The van der Waals surface area contributed by atoms with Gasteiger partial charge in [0.25, 0.3) is 0 Å². The number of benzene rings is 1. The van der Waals surface area contributed by atoms with Crippen LogP contribution in [0.3, 0.4) is 0 Å². The number of hydrogen-bond donors (Lipinski definition) is 1. The zero-order chi connectivity index (χ0) is 25.6. The number of hydrogen-bond acceptors (Lipinski definition) is 8. The van der Waals surface area contributed by atoms with Crippen LogP contribution in [0.25, 0.3) is 5.70 Å². The number of nitriles is 1. The number of aromatic nitrogens is 1. The van der Waals surface area contributed by atoms with Crippen LogP contribution in [-0.4, -0.2) is 47.2 Å². The Bertz CT molecular complexity index is 1180. The molecule has 0 fully saturated rings. The number of carbonyl (C=O) groups excluding carboxylic acids is 1. The number of rotatable bonds is 5. The number of amides is 1. The van der Waals surface area contributed by atoms with Crippen molar-refractivity contribution in [3.8, 4) is 11.9 Å². The molecule has 1 aromatic carbocycles. The SMILES string of the molecule is C=C(/N=C(\ON)c1cnc(OCC)c(C#N)c1)c1ccc2c(c1)CCN(C(=O)OC(C)(C)C)CC2. The first-order valence-electron chi connectivity index (χ1n) is 11.4. The Morgan fingerprint density at radius 2 is 1.94 bits per heavy atom. The predicted molar refractivity (Wildman–Crippen MR) is 133 cm³/mol. The lowest BCUT2D eigenvalue weighted by molar-refractivity contribution is 0.0258. The summed E-state index contributed by atoms with van der Waals surface area (Å²) in [7, 11) is 0. The first-order chi connectivity index (χ1) is 16.6. The number of pyridine rings is 1. The van der Waals surface area contributed by atoms with Crippen molar-refractivity contribution in [2.45, 2.75) is 46.1 Å². The van der Waals surface area contributed by atoms with Gasteiger partial charge in [-0.1, -0.05) is 18.7 Å². The smallest absolute Gasteiger partial charge is 0.410 e. The van der Waals surface area contributed by atoms with Gasteiger partial charge < -0.3 is 19.2 Å². The number of nitrogens with zero attached hydrogens (tertiary/aromatic N) is 4. The van der Waals surface area contributed by atoms with Crippen LogP contribution in [0.1, 0.15) is 55.5 Å². The highest BCUT2D eigenvalue weighted by molar-refractivity contribution is 5.97. The van der Waals surface area contributed by atoms with Crippen LogP contribution in [0.15, 0.2) is 42.0 Å². The maximum atomic E-state index is 12.5. The summed E-state index contributed by atoms with van der Waals surface area (Å²) in [6, 6.07) is 9.58. The fourth-order valence-corrected chi connectivity index (χ4v) is 3.66. The fraction of sp³-hybridized carbons (Fsp3) is 0.385. The van der Waals surface area contributed by atoms with E-state index in [4.69, 9.17) is 20.2 Å². The summed E-state index contributed by atoms with van der Waals surface area (Å²) in [6.45, 7) is 13.0. The Morgan fingerprint density at radius 1 is 1.23 bits per heavy atom. The molecule has 9 heteroatoms. The van der Waals surface area contributed by atoms with Crippen molar-refractivity contribution in [1.29, 1.82) is 5.26 Å². The Hall–Kier alpha value is -3.90. The molecule has 0 aliphatic carbocycles. The monoisotopic (exact) mass is 477 g/mol. The van der Waals surface area contributed by atoms with Gasteiger partial charge in [0.15, 0.2) is 0 Å². The van der Waals surface area contributed by atoms with Gasteiger partial charge in [-0.3, -0.25) is 0 Å². The summed E-state index contributed by atoms with van der Waals surface area (Å²) < 4.78 is 10.9. The lowest BCUT2D eigenvalue weighted by atomic mass is 9.99. The Balaban J connectivity index is 1.79. The minimum Gasteiger partial charge on any atom is -0.477 e. The molecular formula is C26H31N5O4. The fourth-order valence-electron chi connectivity index (χ4n) is 3.66. The van der Waals surface area contributed by atoms with Gasteiger partial charge in [-0.2, -0.15) is 11.2 Å². The summed E-state index contributed by atoms with van der Waals surface area (Å²) in [5.74, 6) is 5.79. The van der Waals surface area contributed by atoms with Gasteiger partial charge in [-0.15, -0.1) is 0 Å². The average Bonchev–Trinajstić information content (AvgIpc) is 3.04. The van der Waals surface area contributed by atoms with E-state index in [0.717, 1.165) is 17.5 Å². The molecule has 184 valence electrons. The van der Waals surface area contributed by atoms with E-state index in [1.807, 2.05) is 45.9 Å². The minimum atomic E-state index is -0.533.